The largest absolute Gasteiger partial charge is 0.389 e. The SMILES string of the molecule is Cc1ccnc(NC(C)CN(C)C)c1C(N)=S. The van der Waals surface area contributed by atoms with E-state index in [4.69, 9.17) is 18.0 Å². The molecular weight excluding hydrogens is 232 g/mol. The van der Waals surface area contributed by atoms with Crippen molar-refractivity contribution in [2.75, 3.05) is 26.0 Å². The fraction of sp³-hybridized carbons (Fsp3) is 0.500. The number of pyridine rings is 1. The molecule has 17 heavy (non-hydrogen) atoms. The fourth-order valence-electron chi connectivity index (χ4n) is 1.81. The number of nitrogens with two attached hydrogens (primary N) is 1. The Labute approximate surface area is 108 Å². The van der Waals surface area contributed by atoms with Crippen molar-refractivity contribution in [1.29, 1.82) is 0 Å². The zero-order valence-electron chi connectivity index (χ0n) is 10.8. The second kappa shape index (κ2) is 5.93. The minimum absolute atomic E-state index is 0.285. The van der Waals surface area contributed by atoms with Crippen molar-refractivity contribution in [2.45, 2.75) is 19.9 Å². The molecular formula is C12H20N4S. The first-order valence-corrected chi connectivity index (χ1v) is 5.99. The zero-order valence-corrected chi connectivity index (χ0v) is 11.6. The Balaban J connectivity index is 2.91. The van der Waals surface area contributed by atoms with Gasteiger partial charge in [0.15, 0.2) is 0 Å². The molecule has 0 aromatic carbocycles. The van der Waals surface area contributed by atoms with E-state index in [0.717, 1.165) is 23.5 Å². The monoisotopic (exact) mass is 252 g/mol. The Hall–Kier alpha value is -1.20. The Morgan fingerprint density at radius 2 is 2.24 bits per heavy atom. The number of rotatable bonds is 5. The quantitative estimate of drug-likeness (QED) is 0.776. The summed E-state index contributed by atoms with van der Waals surface area (Å²) in [5, 5.41) is 3.34. The number of thiocarbonyl (C=S) groups is 1. The molecule has 1 atom stereocenters. The Morgan fingerprint density at radius 3 is 2.76 bits per heavy atom. The molecule has 1 aromatic rings. The highest BCUT2D eigenvalue weighted by Gasteiger charge is 2.12. The van der Waals surface area contributed by atoms with Gasteiger partial charge < -0.3 is 16.0 Å². The summed E-state index contributed by atoms with van der Waals surface area (Å²) in [6, 6.07) is 2.20. The summed E-state index contributed by atoms with van der Waals surface area (Å²) in [6.45, 7) is 5.01. The predicted octanol–water partition coefficient (Wildman–Crippen LogP) is 1.39. The average Bonchev–Trinajstić information content (AvgIpc) is 2.15. The molecule has 1 unspecified atom stereocenters. The van der Waals surface area contributed by atoms with Crippen LogP contribution in [0.1, 0.15) is 18.1 Å². The third-order valence-corrected chi connectivity index (χ3v) is 2.63. The van der Waals surface area contributed by atoms with Gasteiger partial charge in [-0.05, 0) is 39.6 Å². The van der Waals surface area contributed by atoms with Gasteiger partial charge in [0.05, 0.1) is 5.56 Å². The highest BCUT2D eigenvalue weighted by Crippen LogP contribution is 2.17. The van der Waals surface area contributed by atoms with E-state index >= 15 is 0 Å². The van der Waals surface area contributed by atoms with Gasteiger partial charge in [-0.25, -0.2) is 4.98 Å². The van der Waals surface area contributed by atoms with Gasteiger partial charge in [-0.3, -0.25) is 0 Å². The predicted molar refractivity (Wildman–Crippen MR) is 76.5 cm³/mol. The van der Waals surface area contributed by atoms with Crippen LogP contribution >= 0.6 is 12.2 Å². The fourth-order valence-corrected chi connectivity index (χ4v) is 2.06. The summed E-state index contributed by atoms with van der Waals surface area (Å²) in [5.41, 5.74) is 7.62. The number of anilines is 1. The topological polar surface area (TPSA) is 54.2 Å². The van der Waals surface area contributed by atoms with Gasteiger partial charge in [0, 0.05) is 18.8 Å². The summed E-state index contributed by atoms with van der Waals surface area (Å²) in [7, 11) is 4.08. The van der Waals surface area contributed by atoms with Crippen LogP contribution in [0.2, 0.25) is 0 Å². The van der Waals surface area contributed by atoms with Crippen LogP contribution in [0, 0.1) is 6.92 Å². The van der Waals surface area contributed by atoms with Gasteiger partial charge in [0.2, 0.25) is 0 Å². The summed E-state index contributed by atoms with van der Waals surface area (Å²) in [6.07, 6.45) is 1.77. The first kappa shape index (κ1) is 13.9. The lowest BCUT2D eigenvalue weighted by atomic mass is 10.1. The van der Waals surface area contributed by atoms with Gasteiger partial charge >= 0.3 is 0 Å². The van der Waals surface area contributed by atoms with E-state index in [1.165, 1.54) is 0 Å². The Morgan fingerprint density at radius 1 is 1.59 bits per heavy atom. The van der Waals surface area contributed by atoms with E-state index in [1.807, 2.05) is 27.1 Å². The number of hydrogen-bond donors (Lipinski definition) is 2. The molecule has 0 aliphatic heterocycles. The maximum Gasteiger partial charge on any atom is 0.136 e. The molecule has 4 nitrogen and oxygen atoms in total. The number of nitrogens with one attached hydrogen (secondary N) is 1. The van der Waals surface area contributed by atoms with E-state index in [0.29, 0.717) is 4.99 Å². The molecule has 5 heteroatoms. The summed E-state index contributed by atoms with van der Waals surface area (Å²) in [5.74, 6) is 0.770. The standard InChI is InChI=1S/C12H20N4S/c1-8-5-6-14-12(10(8)11(13)17)15-9(2)7-16(3)4/h5-6,9H,7H2,1-4H3,(H2,13,17)(H,14,15). The molecule has 0 saturated carbocycles. The molecule has 94 valence electrons. The van der Waals surface area contributed by atoms with E-state index in [1.54, 1.807) is 6.20 Å². The lowest BCUT2D eigenvalue weighted by molar-refractivity contribution is 0.392. The number of hydrogen-bond acceptors (Lipinski definition) is 4. The second-order valence-electron chi connectivity index (χ2n) is 4.52. The molecule has 1 heterocycles. The molecule has 3 N–H and O–H groups in total. The van der Waals surface area contributed by atoms with E-state index in [-0.39, 0.29) is 6.04 Å². The molecule has 0 amide bonds. The summed E-state index contributed by atoms with van der Waals surface area (Å²) >= 11 is 5.07. The van der Waals surface area contributed by atoms with Crippen molar-refractivity contribution in [1.82, 2.24) is 9.88 Å². The highest BCUT2D eigenvalue weighted by molar-refractivity contribution is 7.80. The molecule has 0 saturated heterocycles. The molecule has 0 bridgehead atoms. The third kappa shape index (κ3) is 3.94. The summed E-state index contributed by atoms with van der Waals surface area (Å²) in [4.78, 5) is 6.81. The molecule has 0 aliphatic carbocycles. The van der Waals surface area contributed by atoms with Crippen LogP contribution in [0.15, 0.2) is 12.3 Å². The minimum Gasteiger partial charge on any atom is -0.389 e. The first-order chi connectivity index (χ1) is 7.91. The second-order valence-corrected chi connectivity index (χ2v) is 4.96. The number of aryl methyl sites for hydroxylation is 1. The third-order valence-electron chi connectivity index (χ3n) is 2.43. The van der Waals surface area contributed by atoms with Crippen LogP contribution in [-0.2, 0) is 0 Å². The van der Waals surface area contributed by atoms with Gasteiger partial charge in [0.25, 0.3) is 0 Å². The van der Waals surface area contributed by atoms with Gasteiger partial charge in [-0.15, -0.1) is 0 Å². The van der Waals surface area contributed by atoms with Crippen LogP contribution in [0.25, 0.3) is 0 Å². The maximum absolute atomic E-state index is 5.73. The van der Waals surface area contributed by atoms with E-state index < -0.39 is 0 Å². The van der Waals surface area contributed by atoms with E-state index in [2.05, 4.69) is 22.1 Å². The molecule has 0 aliphatic rings. The van der Waals surface area contributed by atoms with Gasteiger partial charge in [-0.1, -0.05) is 12.2 Å². The molecule has 1 rings (SSSR count). The molecule has 0 spiro atoms. The van der Waals surface area contributed by atoms with Gasteiger partial charge in [0.1, 0.15) is 10.8 Å². The minimum atomic E-state index is 0.285. The van der Waals surface area contributed by atoms with Crippen molar-refractivity contribution in [3.63, 3.8) is 0 Å². The van der Waals surface area contributed by atoms with Crippen molar-refractivity contribution in [2.24, 2.45) is 5.73 Å². The van der Waals surface area contributed by atoms with Crippen LogP contribution in [-0.4, -0.2) is 41.6 Å². The number of aromatic nitrogens is 1. The summed E-state index contributed by atoms with van der Waals surface area (Å²) < 4.78 is 0. The lowest BCUT2D eigenvalue weighted by Gasteiger charge is -2.20. The lowest BCUT2D eigenvalue weighted by Crippen LogP contribution is -2.31. The maximum atomic E-state index is 5.73. The van der Waals surface area contributed by atoms with Crippen molar-refractivity contribution < 1.29 is 0 Å². The van der Waals surface area contributed by atoms with Crippen LogP contribution < -0.4 is 11.1 Å². The van der Waals surface area contributed by atoms with E-state index in [9.17, 15) is 0 Å². The van der Waals surface area contributed by atoms with Crippen molar-refractivity contribution >= 4 is 23.0 Å². The number of nitrogens with zero attached hydrogens (tertiary/aromatic N) is 2. The van der Waals surface area contributed by atoms with Crippen molar-refractivity contribution in [3.8, 4) is 0 Å². The van der Waals surface area contributed by atoms with Crippen LogP contribution in [0.3, 0.4) is 0 Å². The average molecular weight is 252 g/mol. The highest BCUT2D eigenvalue weighted by atomic mass is 32.1. The van der Waals surface area contributed by atoms with Gasteiger partial charge in [-0.2, -0.15) is 0 Å². The molecule has 0 fully saturated rings. The number of likely N-dealkylation sites (N-methyl/N-ethyl adjacent to an activating group) is 1. The first-order valence-electron chi connectivity index (χ1n) is 5.58. The molecule has 0 radical (unpaired) electrons. The van der Waals surface area contributed by atoms with Crippen molar-refractivity contribution in [3.05, 3.63) is 23.4 Å². The Kier molecular flexibility index (Phi) is 4.84. The smallest absolute Gasteiger partial charge is 0.136 e. The molecule has 1 aromatic heterocycles. The van der Waals surface area contributed by atoms with Crippen LogP contribution in [0.5, 0.6) is 0 Å². The Bertz CT molecular complexity index is 403. The zero-order chi connectivity index (χ0) is 13.0. The normalized spacial score (nSPS) is 12.5. The van der Waals surface area contributed by atoms with Crippen LogP contribution in [0.4, 0.5) is 5.82 Å².